The van der Waals surface area contributed by atoms with E-state index in [4.69, 9.17) is 0 Å². The SMILES string of the molecule is Cc1ccc(N=Nc2cccc(C(=O)c3ccccc3)c2)cc1. The number of rotatable bonds is 4. The zero-order valence-electron chi connectivity index (χ0n) is 12.8. The Hall–Kier alpha value is -3.07. The van der Waals surface area contributed by atoms with Crippen LogP contribution in [-0.2, 0) is 0 Å². The minimum absolute atomic E-state index is 0.0158. The molecule has 3 rings (SSSR count). The zero-order chi connectivity index (χ0) is 16.1. The van der Waals surface area contributed by atoms with Crippen LogP contribution in [0.3, 0.4) is 0 Å². The van der Waals surface area contributed by atoms with Crippen LogP contribution < -0.4 is 0 Å². The average molecular weight is 300 g/mol. The molecule has 0 heterocycles. The Bertz CT molecular complexity index is 837. The molecule has 0 spiro atoms. The summed E-state index contributed by atoms with van der Waals surface area (Å²) in [5.74, 6) is -0.0158. The highest BCUT2D eigenvalue weighted by atomic mass is 16.1. The molecule has 0 saturated heterocycles. The van der Waals surface area contributed by atoms with Gasteiger partial charge in [0.15, 0.2) is 5.78 Å². The van der Waals surface area contributed by atoms with Crippen LogP contribution in [0, 0.1) is 6.92 Å². The van der Waals surface area contributed by atoms with E-state index in [1.807, 2.05) is 73.7 Å². The number of carbonyl (C=O) groups is 1. The Balaban J connectivity index is 1.82. The van der Waals surface area contributed by atoms with Gasteiger partial charge in [0, 0.05) is 11.1 Å². The summed E-state index contributed by atoms with van der Waals surface area (Å²) in [6.45, 7) is 2.03. The molecule has 0 fully saturated rings. The molecule has 0 amide bonds. The van der Waals surface area contributed by atoms with E-state index in [0.717, 1.165) is 5.69 Å². The number of ketones is 1. The molecule has 3 nitrogen and oxygen atoms in total. The lowest BCUT2D eigenvalue weighted by Crippen LogP contribution is -2.00. The van der Waals surface area contributed by atoms with Crippen molar-refractivity contribution in [2.45, 2.75) is 6.92 Å². The highest BCUT2D eigenvalue weighted by Crippen LogP contribution is 2.21. The molecule has 0 aliphatic rings. The van der Waals surface area contributed by atoms with Crippen LogP contribution in [0.25, 0.3) is 0 Å². The van der Waals surface area contributed by atoms with Gasteiger partial charge in [0.1, 0.15) is 0 Å². The molecule has 23 heavy (non-hydrogen) atoms. The zero-order valence-corrected chi connectivity index (χ0v) is 12.8. The molecule has 0 aliphatic carbocycles. The molecular formula is C20H16N2O. The maximum atomic E-state index is 12.4. The number of azo groups is 1. The van der Waals surface area contributed by atoms with Crippen LogP contribution in [0.2, 0.25) is 0 Å². The largest absolute Gasteiger partial charge is 0.289 e. The van der Waals surface area contributed by atoms with Crippen molar-refractivity contribution >= 4 is 17.2 Å². The van der Waals surface area contributed by atoms with Crippen LogP contribution in [0.15, 0.2) is 89.1 Å². The minimum Gasteiger partial charge on any atom is -0.289 e. The lowest BCUT2D eigenvalue weighted by atomic mass is 10.0. The van der Waals surface area contributed by atoms with Crippen molar-refractivity contribution in [3.05, 3.63) is 95.6 Å². The normalized spacial score (nSPS) is 10.8. The third kappa shape index (κ3) is 3.77. The van der Waals surface area contributed by atoms with E-state index in [9.17, 15) is 4.79 Å². The van der Waals surface area contributed by atoms with Gasteiger partial charge in [0.05, 0.1) is 11.4 Å². The molecule has 0 aromatic heterocycles. The van der Waals surface area contributed by atoms with E-state index in [1.54, 1.807) is 12.1 Å². The highest BCUT2D eigenvalue weighted by molar-refractivity contribution is 6.09. The third-order valence-electron chi connectivity index (χ3n) is 3.46. The topological polar surface area (TPSA) is 41.8 Å². The number of hydrogen-bond donors (Lipinski definition) is 0. The second-order valence-electron chi connectivity index (χ2n) is 5.28. The molecule has 0 saturated carbocycles. The number of hydrogen-bond acceptors (Lipinski definition) is 3. The van der Waals surface area contributed by atoms with Crippen molar-refractivity contribution in [3.63, 3.8) is 0 Å². The standard InChI is InChI=1S/C20H16N2O/c1-15-10-12-18(13-11-15)21-22-19-9-5-8-17(14-19)20(23)16-6-3-2-4-7-16/h2-14H,1H3. The van der Waals surface area contributed by atoms with Gasteiger partial charge in [-0.15, -0.1) is 0 Å². The summed E-state index contributed by atoms with van der Waals surface area (Å²) in [4.78, 5) is 12.4. The molecule has 3 aromatic rings. The third-order valence-corrected chi connectivity index (χ3v) is 3.46. The fourth-order valence-electron chi connectivity index (χ4n) is 2.19. The monoisotopic (exact) mass is 300 g/mol. The molecular weight excluding hydrogens is 284 g/mol. The number of aryl methyl sites for hydroxylation is 1. The van der Waals surface area contributed by atoms with Crippen molar-refractivity contribution in [2.24, 2.45) is 10.2 Å². The molecule has 0 N–H and O–H groups in total. The van der Waals surface area contributed by atoms with Crippen molar-refractivity contribution in [2.75, 3.05) is 0 Å². The first kappa shape index (κ1) is 14.9. The fraction of sp³-hybridized carbons (Fsp3) is 0.0500. The van der Waals surface area contributed by atoms with Crippen molar-refractivity contribution in [3.8, 4) is 0 Å². The molecule has 112 valence electrons. The van der Waals surface area contributed by atoms with Gasteiger partial charge in [0.2, 0.25) is 0 Å². The first-order valence-electron chi connectivity index (χ1n) is 7.40. The predicted octanol–water partition coefficient (Wildman–Crippen LogP) is 5.64. The van der Waals surface area contributed by atoms with E-state index in [-0.39, 0.29) is 5.78 Å². The second-order valence-corrected chi connectivity index (χ2v) is 5.28. The molecule has 3 heteroatoms. The Morgan fingerprint density at radius 1 is 0.696 bits per heavy atom. The van der Waals surface area contributed by atoms with Crippen LogP contribution in [-0.4, -0.2) is 5.78 Å². The summed E-state index contributed by atoms with van der Waals surface area (Å²) in [6.07, 6.45) is 0. The number of nitrogens with zero attached hydrogens (tertiary/aromatic N) is 2. The van der Waals surface area contributed by atoms with E-state index < -0.39 is 0 Å². The summed E-state index contributed by atoms with van der Waals surface area (Å²) in [6, 6.07) is 24.2. The van der Waals surface area contributed by atoms with Gasteiger partial charge in [-0.3, -0.25) is 4.79 Å². The first-order chi connectivity index (χ1) is 11.2. The summed E-state index contributed by atoms with van der Waals surface area (Å²) < 4.78 is 0. The summed E-state index contributed by atoms with van der Waals surface area (Å²) in [7, 11) is 0. The van der Waals surface area contributed by atoms with Gasteiger partial charge in [0.25, 0.3) is 0 Å². The van der Waals surface area contributed by atoms with Gasteiger partial charge in [-0.2, -0.15) is 10.2 Å². The maximum absolute atomic E-state index is 12.4. The van der Waals surface area contributed by atoms with Crippen molar-refractivity contribution < 1.29 is 4.79 Å². The van der Waals surface area contributed by atoms with Gasteiger partial charge in [-0.25, -0.2) is 0 Å². The summed E-state index contributed by atoms with van der Waals surface area (Å²) in [5, 5.41) is 8.42. The van der Waals surface area contributed by atoms with E-state index in [2.05, 4.69) is 10.2 Å². The van der Waals surface area contributed by atoms with E-state index in [1.165, 1.54) is 5.56 Å². The van der Waals surface area contributed by atoms with Gasteiger partial charge in [-0.1, -0.05) is 60.2 Å². The van der Waals surface area contributed by atoms with Crippen LogP contribution >= 0.6 is 0 Å². The average Bonchev–Trinajstić information content (AvgIpc) is 2.61. The lowest BCUT2D eigenvalue weighted by molar-refractivity contribution is 0.103. The van der Waals surface area contributed by atoms with E-state index >= 15 is 0 Å². The number of benzene rings is 3. The molecule has 0 unspecified atom stereocenters. The Labute approximate surface area is 135 Å². The van der Waals surface area contributed by atoms with Crippen LogP contribution in [0.5, 0.6) is 0 Å². The molecule has 0 bridgehead atoms. The van der Waals surface area contributed by atoms with E-state index in [0.29, 0.717) is 16.8 Å². The number of carbonyl (C=O) groups excluding carboxylic acids is 1. The van der Waals surface area contributed by atoms with Gasteiger partial charge >= 0.3 is 0 Å². The van der Waals surface area contributed by atoms with Gasteiger partial charge < -0.3 is 0 Å². The molecule has 0 aliphatic heterocycles. The Morgan fingerprint density at radius 3 is 2.09 bits per heavy atom. The Morgan fingerprint density at radius 2 is 1.35 bits per heavy atom. The maximum Gasteiger partial charge on any atom is 0.193 e. The fourth-order valence-corrected chi connectivity index (χ4v) is 2.19. The molecule has 3 aromatic carbocycles. The molecule has 0 radical (unpaired) electrons. The molecule has 0 atom stereocenters. The van der Waals surface area contributed by atoms with Crippen molar-refractivity contribution in [1.29, 1.82) is 0 Å². The van der Waals surface area contributed by atoms with Crippen molar-refractivity contribution in [1.82, 2.24) is 0 Å². The summed E-state index contributed by atoms with van der Waals surface area (Å²) >= 11 is 0. The minimum atomic E-state index is -0.0158. The first-order valence-corrected chi connectivity index (χ1v) is 7.40. The second kappa shape index (κ2) is 6.79. The quantitative estimate of drug-likeness (QED) is 0.454. The van der Waals surface area contributed by atoms with Crippen LogP contribution in [0.4, 0.5) is 11.4 Å². The highest BCUT2D eigenvalue weighted by Gasteiger charge is 2.08. The lowest BCUT2D eigenvalue weighted by Gasteiger charge is -2.01. The summed E-state index contributed by atoms with van der Waals surface area (Å²) in [5.41, 5.74) is 3.90. The Kier molecular flexibility index (Phi) is 4.39. The predicted molar refractivity (Wildman–Crippen MR) is 91.7 cm³/mol. The van der Waals surface area contributed by atoms with Gasteiger partial charge in [-0.05, 0) is 31.2 Å². The van der Waals surface area contributed by atoms with Crippen LogP contribution in [0.1, 0.15) is 21.5 Å². The smallest absolute Gasteiger partial charge is 0.193 e.